The molecule has 12 N–H and O–H groups in total. The largest absolute Gasteiger partial charge is 0.394 e. The van der Waals surface area contributed by atoms with Gasteiger partial charge in [0.15, 0.2) is 18.9 Å². The van der Waals surface area contributed by atoms with E-state index in [0.29, 0.717) is 12.8 Å². The summed E-state index contributed by atoms with van der Waals surface area (Å²) in [5.74, 6) is -0.246. The molecule has 3 fully saturated rings. The Balaban J connectivity index is 1.30. The smallest absolute Gasteiger partial charge is 0.220 e. The average molecular weight is 1180 g/mol. The van der Waals surface area contributed by atoms with Gasteiger partial charge >= 0.3 is 0 Å². The van der Waals surface area contributed by atoms with Gasteiger partial charge in [-0.15, -0.1) is 0 Å². The Morgan fingerprint density at radius 2 is 0.805 bits per heavy atom. The summed E-state index contributed by atoms with van der Waals surface area (Å²) >= 11 is 0. The maximum Gasteiger partial charge on any atom is 0.220 e. The van der Waals surface area contributed by atoms with E-state index < -0.39 is 124 Å². The predicted octanol–water partition coefficient (Wildman–Crippen LogP) is 7.10. The summed E-state index contributed by atoms with van der Waals surface area (Å²) in [5.41, 5.74) is 0. The molecule has 3 aliphatic rings. The molecule has 1 amide bonds. The van der Waals surface area contributed by atoms with Gasteiger partial charge in [-0.1, -0.05) is 212 Å². The van der Waals surface area contributed by atoms with Crippen LogP contribution in [0.25, 0.3) is 0 Å². The lowest BCUT2D eigenvalue weighted by molar-refractivity contribution is -0.379. The van der Waals surface area contributed by atoms with Gasteiger partial charge in [0.1, 0.15) is 73.2 Å². The van der Waals surface area contributed by atoms with E-state index in [9.17, 15) is 61.0 Å². The second-order valence-electron chi connectivity index (χ2n) is 23.6. The Hall–Kier alpha value is -1.73. The Morgan fingerprint density at radius 3 is 1.24 bits per heavy atom. The number of aliphatic hydroxyl groups is 11. The first-order valence-corrected chi connectivity index (χ1v) is 32.6. The van der Waals surface area contributed by atoms with Crippen molar-refractivity contribution in [1.29, 1.82) is 0 Å². The van der Waals surface area contributed by atoms with Crippen molar-refractivity contribution in [3.8, 4) is 0 Å². The Labute approximate surface area is 492 Å². The number of nitrogens with one attached hydrogen (secondary N) is 1. The zero-order chi connectivity index (χ0) is 59.7. The maximum atomic E-state index is 13.3. The topological polar surface area (TPSA) is 307 Å². The minimum Gasteiger partial charge on any atom is -0.394 e. The summed E-state index contributed by atoms with van der Waals surface area (Å²) in [4.78, 5) is 13.3. The molecule has 17 unspecified atom stereocenters. The molecule has 19 nitrogen and oxygen atoms in total. The van der Waals surface area contributed by atoms with Crippen LogP contribution in [0.4, 0.5) is 0 Å². The number of rotatable bonds is 49. The van der Waals surface area contributed by atoms with Gasteiger partial charge < -0.3 is 89.9 Å². The highest BCUT2D eigenvalue weighted by Crippen LogP contribution is 2.33. The molecule has 3 heterocycles. The fraction of sp³-hybridized carbons (Fsp3) is 0.921. The molecule has 3 rings (SSSR count). The van der Waals surface area contributed by atoms with E-state index >= 15 is 0 Å². The van der Waals surface area contributed by atoms with Crippen LogP contribution < -0.4 is 5.32 Å². The van der Waals surface area contributed by atoms with Gasteiger partial charge in [-0.3, -0.25) is 4.79 Å². The molecular formula is C63H117NO18. The molecule has 0 aromatic heterocycles. The predicted molar refractivity (Wildman–Crippen MR) is 314 cm³/mol. The monoisotopic (exact) mass is 1180 g/mol. The summed E-state index contributed by atoms with van der Waals surface area (Å²) in [6.45, 7) is 1.71. The van der Waals surface area contributed by atoms with Crippen molar-refractivity contribution in [3.05, 3.63) is 24.3 Å². The normalized spacial score (nSPS) is 29.7. The van der Waals surface area contributed by atoms with Crippen molar-refractivity contribution < 1.29 is 89.4 Å². The van der Waals surface area contributed by atoms with E-state index in [-0.39, 0.29) is 18.9 Å². The maximum absolute atomic E-state index is 13.3. The minimum atomic E-state index is -1.97. The van der Waals surface area contributed by atoms with Crippen LogP contribution in [0.1, 0.15) is 239 Å². The molecule has 3 saturated heterocycles. The van der Waals surface area contributed by atoms with E-state index in [1.54, 1.807) is 0 Å². The molecule has 0 bridgehead atoms. The first-order valence-electron chi connectivity index (χ1n) is 32.6. The lowest BCUT2D eigenvalue weighted by Gasteiger charge is -2.48. The second-order valence-corrected chi connectivity index (χ2v) is 23.6. The fourth-order valence-corrected chi connectivity index (χ4v) is 11.2. The van der Waals surface area contributed by atoms with Crippen LogP contribution in [0, 0.1) is 0 Å². The summed E-state index contributed by atoms with van der Waals surface area (Å²) in [6, 6.07) is -0.881. The van der Waals surface area contributed by atoms with Gasteiger partial charge in [-0.25, -0.2) is 0 Å². The number of aliphatic hydroxyl groups excluding tert-OH is 11. The first-order chi connectivity index (χ1) is 39.8. The third-order valence-corrected chi connectivity index (χ3v) is 16.5. The summed E-state index contributed by atoms with van der Waals surface area (Å²) in [6.07, 6.45) is 23.5. The van der Waals surface area contributed by atoms with E-state index in [1.807, 2.05) is 0 Å². The number of hydrogen-bond acceptors (Lipinski definition) is 18. The van der Waals surface area contributed by atoms with Crippen LogP contribution in [-0.4, -0.2) is 193 Å². The summed E-state index contributed by atoms with van der Waals surface area (Å²) < 4.78 is 34.2. The van der Waals surface area contributed by atoms with Crippen molar-refractivity contribution >= 4 is 5.91 Å². The van der Waals surface area contributed by atoms with Gasteiger partial charge in [0.2, 0.25) is 5.91 Å². The minimum absolute atomic E-state index is 0.246. The number of carbonyl (C=O) groups is 1. The third-order valence-electron chi connectivity index (χ3n) is 16.5. The first kappa shape index (κ1) is 74.5. The molecule has 0 aliphatic carbocycles. The molecular weight excluding hydrogens is 1060 g/mol. The van der Waals surface area contributed by atoms with Gasteiger partial charge in [-0.05, 0) is 44.9 Å². The van der Waals surface area contributed by atoms with Crippen LogP contribution in [0.3, 0.4) is 0 Å². The average Bonchev–Trinajstić information content (AvgIpc) is 3.60. The van der Waals surface area contributed by atoms with E-state index in [0.717, 1.165) is 64.2 Å². The number of ether oxygens (including phenoxy) is 6. The number of amides is 1. The highest BCUT2D eigenvalue weighted by Gasteiger charge is 2.53. The Bertz CT molecular complexity index is 1590. The zero-order valence-corrected chi connectivity index (χ0v) is 50.5. The van der Waals surface area contributed by atoms with E-state index in [1.165, 1.54) is 141 Å². The molecule has 0 radical (unpaired) electrons. The molecule has 0 spiro atoms. The van der Waals surface area contributed by atoms with Crippen LogP contribution in [0.5, 0.6) is 0 Å². The van der Waals surface area contributed by atoms with Crippen LogP contribution in [-0.2, 0) is 33.2 Å². The summed E-state index contributed by atoms with van der Waals surface area (Å²) in [7, 11) is 0. The molecule has 19 heteroatoms. The molecule has 482 valence electrons. The third kappa shape index (κ3) is 29.3. The highest BCUT2D eigenvalue weighted by molar-refractivity contribution is 5.76. The van der Waals surface area contributed by atoms with E-state index in [2.05, 4.69) is 43.5 Å². The van der Waals surface area contributed by atoms with Crippen LogP contribution >= 0.6 is 0 Å². The molecule has 3 aliphatic heterocycles. The standard InChI is InChI=1S/C63H117NO18/c1-3-5-7-9-11-12-13-14-15-16-17-18-19-20-21-22-23-24-25-26-27-28-29-30-31-32-33-34-35-37-39-41-51(69)64-46(47(68)40-38-36-10-8-6-4-2)45-77-61-57(75)54(72)59(49(43-66)79-61)82-63-58(76)55(73)60(50(44-67)80-63)81-62-56(74)53(71)52(70)48(42-65)78-62/h13-14,16-17,46-50,52-63,65-68,70-76H,3-12,15,18-45H2,1-2H3,(H,64,69)/b14-13-,17-16-. The van der Waals surface area contributed by atoms with Crippen molar-refractivity contribution in [2.45, 2.75) is 343 Å². The summed E-state index contributed by atoms with van der Waals surface area (Å²) in [5, 5.41) is 120. The number of unbranched alkanes of at least 4 members (excludes halogenated alkanes) is 29. The van der Waals surface area contributed by atoms with Crippen LogP contribution in [0.15, 0.2) is 24.3 Å². The Kier molecular flexibility index (Phi) is 42.2. The van der Waals surface area contributed by atoms with Gasteiger partial charge in [0.25, 0.3) is 0 Å². The number of hydrogen-bond donors (Lipinski definition) is 12. The van der Waals surface area contributed by atoms with Crippen molar-refractivity contribution in [1.82, 2.24) is 5.32 Å². The van der Waals surface area contributed by atoms with Crippen molar-refractivity contribution in [2.75, 3.05) is 26.4 Å². The van der Waals surface area contributed by atoms with Crippen LogP contribution in [0.2, 0.25) is 0 Å². The van der Waals surface area contributed by atoms with Crippen molar-refractivity contribution in [2.24, 2.45) is 0 Å². The van der Waals surface area contributed by atoms with Crippen molar-refractivity contribution in [3.63, 3.8) is 0 Å². The zero-order valence-electron chi connectivity index (χ0n) is 50.5. The number of carbonyl (C=O) groups excluding carboxylic acids is 1. The molecule has 0 aromatic carbocycles. The highest BCUT2D eigenvalue weighted by atomic mass is 16.8. The number of allylic oxidation sites excluding steroid dienone is 4. The molecule has 17 atom stereocenters. The fourth-order valence-electron chi connectivity index (χ4n) is 11.2. The van der Waals surface area contributed by atoms with Gasteiger partial charge in [0.05, 0.1) is 38.6 Å². The lowest BCUT2D eigenvalue weighted by atomic mass is 9.96. The molecule has 0 saturated carbocycles. The second kappa shape index (κ2) is 46.4. The van der Waals surface area contributed by atoms with Gasteiger partial charge in [-0.2, -0.15) is 0 Å². The quantitative estimate of drug-likeness (QED) is 0.0213. The lowest BCUT2D eigenvalue weighted by Crippen LogP contribution is -2.66. The van der Waals surface area contributed by atoms with E-state index in [4.69, 9.17) is 28.4 Å². The Morgan fingerprint density at radius 1 is 0.439 bits per heavy atom. The van der Waals surface area contributed by atoms with Gasteiger partial charge in [0, 0.05) is 6.42 Å². The SMILES string of the molecule is CCCCCCC/C=C\C/C=C\CCCCCCCCCCCCCCCCCCCCCC(=O)NC(COC1OC(CO)C(OC2OC(CO)C(OC3OC(CO)C(O)C(O)C3O)C(O)C2O)C(O)C1O)C(O)CCCCCCCC. The molecule has 0 aromatic rings. The molecule has 82 heavy (non-hydrogen) atoms.